The molecule has 49 heavy (non-hydrogen) atoms. The van der Waals surface area contributed by atoms with E-state index in [9.17, 15) is 66.6 Å². The van der Waals surface area contributed by atoms with Crippen molar-refractivity contribution in [1.82, 2.24) is 0 Å². The smallest absolute Gasteiger partial charge is 0.417 e. The number of aliphatic hydroxyl groups is 6. The first-order chi connectivity index (χ1) is 22.7. The summed E-state index contributed by atoms with van der Waals surface area (Å²) in [7, 11) is 0. The Bertz CT molecular complexity index is 1390. The second-order valence-corrected chi connectivity index (χ2v) is 11.5. The lowest BCUT2D eigenvalue weighted by atomic mass is 9.98. The number of aliphatic hydroxyl groups excluding tert-OH is 6. The number of esters is 2. The predicted molar refractivity (Wildman–Crippen MR) is 147 cm³/mol. The highest BCUT2D eigenvalue weighted by molar-refractivity contribution is 5.92. The highest BCUT2D eigenvalue weighted by atomic mass is 19.4. The van der Waals surface area contributed by atoms with Crippen LogP contribution >= 0.6 is 0 Å². The topological polar surface area (TPSA) is 202 Å². The van der Waals surface area contributed by atoms with Gasteiger partial charge in [0.25, 0.3) is 0 Å². The fraction of sp³-hybridized carbons (Fsp3) is 0.533. The van der Waals surface area contributed by atoms with Gasteiger partial charge < -0.3 is 54.3 Å². The third-order valence-corrected chi connectivity index (χ3v) is 7.76. The summed E-state index contributed by atoms with van der Waals surface area (Å²) in [5.74, 6) is -2.95. The summed E-state index contributed by atoms with van der Waals surface area (Å²) in [6.45, 7) is 0.760. The minimum Gasteiger partial charge on any atom is -0.459 e. The summed E-state index contributed by atoms with van der Waals surface area (Å²) >= 11 is 0. The van der Waals surface area contributed by atoms with Crippen LogP contribution in [0.4, 0.5) is 26.3 Å². The van der Waals surface area contributed by atoms with Crippen LogP contribution in [0.1, 0.15) is 43.0 Å². The monoisotopic (exact) mass is 714 g/mol. The van der Waals surface area contributed by atoms with Crippen LogP contribution in [0.25, 0.3) is 0 Å². The maximum absolute atomic E-state index is 13.5. The third kappa shape index (κ3) is 8.67. The molecule has 2 heterocycles. The third-order valence-electron chi connectivity index (χ3n) is 7.76. The van der Waals surface area contributed by atoms with Crippen molar-refractivity contribution < 1.29 is 90.3 Å². The number of hydrogen-bond acceptors (Lipinski definition) is 13. The molecule has 2 aliphatic heterocycles. The van der Waals surface area contributed by atoms with E-state index in [4.69, 9.17) is 23.7 Å². The van der Waals surface area contributed by atoms with Crippen molar-refractivity contribution in [2.45, 2.75) is 87.6 Å². The standard InChI is InChI=1S/C30H32F6O13/c1-11-3-5-13(15(7-11)29(31,32)33)25(43)45-9-17-19(37)21(39)23(41)27(47-17)49-28-24(42)22(40)20(38)18(48-28)10-46-26(44)14-6-4-12(2)8-16(14)30(34,35)36/h3-8,17-24,27-28,37-42H,9-10H2,1-2H3/t17-,18-,19-,20-,21+,22+,23-,24-,27-,28-/m1/s1. The van der Waals surface area contributed by atoms with E-state index in [0.717, 1.165) is 12.1 Å². The van der Waals surface area contributed by atoms with Crippen molar-refractivity contribution >= 4 is 11.9 Å². The summed E-state index contributed by atoms with van der Waals surface area (Å²) < 4.78 is 107. The average Bonchev–Trinajstić information content (AvgIpc) is 3.02. The molecular formula is C30H32F6O13. The number of ether oxygens (including phenoxy) is 5. The van der Waals surface area contributed by atoms with E-state index in [1.165, 1.54) is 26.0 Å². The summed E-state index contributed by atoms with van der Waals surface area (Å²) in [6.07, 6.45) is -29.9. The summed E-state index contributed by atoms with van der Waals surface area (Å²) in [4.78, 5) is 25.1. The van der Waals surface area contributed by atoms with Crippen LogP contribution in [0.3, 0.4) is 0 Å². The Morgan fingerprint density at radius 3 is 1.29 bits per heavy atom. The van der Waals surface area contributed by atoms with Gasteiger partial charge >= 0.3 is 24.3 Å². The highest BCUT2D eigenvalue weighted by Crippen LogP contribution is 2.35. The van der Waals surface area contributed by atoms with E-state index in [0.29, 0.717) is 12.1 Å². The first-order valence-electron chi connectivity index (χ1n) is 14.5. The zero-order valence-corrected chi connectivity index (χ0v) is 25.5. The Morgan fingerprint density at radius 1 is 0.612 bits per heavy atom. The number of carbonyl (C=O) groups excluding carboxylic acids is 2. The van der Waals surface area contributed by atoms with Gasteiger partial charge in [0.05, 0.1) is 22.3 Å². The largest absolute Gasteiger partial charge is 0.459 e. The first kappa shape index (κ1) is 38.4. The second kappa shape index (κ2) is 14.8. The lowest BCUT2D eigenvalue weighted by molar-refractivity contribution is -0.376. The fourth-order valence-corrected chi connectivity index (χ4v) is 5.08. The molecule has 2 fully saturated rings. The molecule has 0 unspecified atom stereocenters. The van der Waals surface area contributed by atoms with Crippen LogP contribution in [0, 0.1) is 13.8 Å². The molecule has 0 amide bonds. The minimum absolute atomic E-state index is 0.194. The van der Waals surface area contributed by atoms with Crippen LogP contribution in [-0.2, 0) is 36.0 Å². The van der Waals surface area contributed by atoms with Crippen LogP contribution in [0.2, 0.25) is 0 Å². The maximum Gasteiger partial charge on any atom is 0.417 e. The van der Waals surface area contributed by atoms with Gasteiger partial charge in [-0.05, 0) is 38.1 Å². The predicted octanol–water partition coefficient (Wildman–Crippen LogP) is 0.987. The van der Waals surface area contributed by atoms with Crippen molar-refractivity contribution in [3.63, 3.8) is 0 Å². The normalized spacial score (nSPS) is 30.9. The SMILES string of the molecule is Cc1ccc(C(=O)OC[C@H]2O[C@H](O[C@H]3O[C@H](COC(=O)c4ccc(C)cc4C(F)(F)F)[C@@H](O)[C@H](O)[C@H]3O)[C@H](O)[C@@H](O)[C@@H]2O)c(C(F)(F)F)c1. The molecule has 13 nitrogen and oxygen atoms in total. The number of hydrogen-bond donors (Lipinski definition) is 6. The second-order valence-electron chi connectivity index (χ2n) is 11.5. The summed E-state index contributed by atoms with van der Waals surface area (Å²) in [6, 6.07) is 5.61. The van der Waals surface area contributed by atoms with Crippen molar-refractivity contribution in [3.05, 3.63) is 69.8 Å². The van der Waals surface area contributed by atoms with Crippen LogP contribution in [-0.4, -0.2) is 117 Å². The molecule has 2 aliphatic rings. The lowest BCUT2D eigenvalue weighted by Crippen LogP contribution is -2.64. The molecule has 10 atom stereocenters. The van der Waals surface area contributed by atoms with E-state index in [2.05, 4.69) is 0 Å². The zero-order chi connectivity index (χ0) is 36.6. The highest BCUT2D eigenvalue weighted by Gasteiger charge is 2.50. The van der Waals surface area contributed by atoms with Gasteiger partial charge in [-0.15, -0.1) is 0 Å². The Kier molecular flexibility index (Phi) is 11.6. The number of halogens is 6. The zero-order valence-electron chi connectivity index (χ0n) is 25.5. The van der Waals surface area contributed by atoms with E-state index < -0.39 is 121 Å². The van der Waals surface area contributed by atoms with Crippen molar-refractivity contribution in [2.75, 3.05) is 13.2 Å². The maximum atomic E-state index is 13.5. The van der Waals surface area contributed by atoms with Crippen molar-refractivity contribution in [2.24, 2.45) is 0 Å². The van der Waals surface area contributed by atoms with Gasteiger partial charge in [-0.25, -0.2) is 9.59 Å². The van der Waals surface area contributed by atoms with E-state index in [1.807, 2.05) is 0 Å². The van der Waals surface area contributed by atoms with Crippen LogP contribution < -0.4 is 0 Å². The Morgan fingerprint density at radius 2 is 0.959 bits per heavy atom. The summed E-state index contributed by atoms with van der Waals surface area (Å²) in [5.41, 5.74) is -3.96. The molecule has 2 aromatic carbocycles. The molecule has 19 heteroatoms. The van der Waals surface area contributed by atoms with Gasteiger partial charge in [0.1, 0.15) is 62.0 Å². The van der Waals surface area contributed by atoms with E-state index in [-0.39, 0.29) is 11.1 Å². The van der Waals surface area contributed by atoms with E-state index >= 15 is 0 Å². The van der Waals surface area contributed by atoms with Crippen LogP contribution in [0.15, 0.2) is 36.4 Å². The van der Waals surface area contributed by atoms with Gasteiger partial charge in [0.15, 0.2) is 12.6 Å². The molecule has 0 aliphatic carbocycles. The fourth-order valence-electron chi connectivity index (χ4n) is 5.08. The average molecular weight is 715 g/mol. The number of benzene rings is 2. The van der Waals surface area contributed by atoms with Crippen molar-refractivity contribution in [1.29, 1.82) is 0 Å². The Balaban J connectivity index is 1.44. The molecule has 2 saturated heterocycles. The quantitative estimate of drug-likeness (QED) is 0.167. The molecule has 2 aromatic rings. The molecule has 0 bridgehead atoms. The number of rotatable bonds is 8. The molecule has 0 radical (unpaired) electrons. The minimum atomic E-state index is -4.93. The number of aryl methyl sites for hydroxylation is 2. The van der Waals surface area contributed by atoms with Gasteiger partial charge in [-0.1, -0.05) is 23.3 Å². The molecule has 0 aromatic heterocycles. The number of alkyl halides is 6. The van der Waals surface area contributed by atoms with Gasteiger partial charge in [-0.2, -0.15) is 26.3 Å². The van der Waals surface area contributed by atoms with Crippen molar-refractivity contribution in [3.8, 4) is 0 Å². The molecule has 6 N–H and O–H groups in total. The van der Waals surface area contributed by atoms with Gasteiger partial charge in [0, 0.05) is 0 Å². The lowest BCUT2D eigenvalue weighted by Gasteiger charge is -2.44. The van der Waals surface area contributed by atoms with Gasteiger partial charge in [-0.3, -0.25) is 0 Å². The summed E-state index contributed by atoms with van der Waals surface area (Å²) in [5, 5.41) is 62.4. The molecule has 0 saturated carbocycles. The molecule has 272 valence electrons. The molecule has 4 rings (SSSR count). The molecule has 0 spiro atoms. The Hall–Kier alpha value is -3.40. The molecular weight excluding hydrogens is 682 g/mol. The van der Waals surface area contributed by atoms with Gasteiger partial charge in [0.2, 0.25) is 0 Å². The first-order valence-corrected chi connectivity index (χ1v) is 14.5. The van der Waals surface area contributed by atoms with Crippen LogP contribution in [0.5, 0.6) is 0 Å². The Labute approximate surface area is 273 Å². The number of carbonyl (C=O) groups is 2. The van der Waals surface area contributed by atoms with E-state index in [1.54, 1.807) is 0 Å².